The molecule has 4 aromatic heterocycles. The average Bonchev–Trinajstić information content (AvgIpc) is 3.96. The van der Waals surface area contributed by atoms with Gasteiger partial charge in [0.15, 0.2) is 0 Å². The number of pyridine rings is 2. The van der Waals surface area contributed by atoms with Gasteiger partial charge in [0, 0.05) is 72.5 Å². The molecular weight excluding hydrogens is 697 g/mol. The zero-order valence-corrected chi connectivity index (χ0v) is 32.8. The van der Waals surface area contributed by atoms with E-state index < -0.39 is 11.6 Å². The summed E-state index contributed by atoms with van der Waals surface area (Å²) in [6.45, 7) is 7.91. The van der Waals surface area contributed by atoms with Crippen LogP contribution in [0.3, 0.4) is 0 Å². The van der Waals surface area contributed by atoms with Gasteiger partial charge in [0.25, 0.3) is 0 Å². The summed E-state index contributed by atoms with van der Waals surface area (Å²) in [7, 11) is 0. The van der Waals surface area contributed by atoms with Crippen molar-refractivity contribution in [3.63, 3.8) is 0 Å². The number of nitrogens with zero attached hydrogens (tertiary/aromatic N) is 4. The van der Waals surface area contributed by atoms with E-state index in [1.54, 1.807) is 0 Å². The molecule has 0 aliphatic heterocycles. The summed E-state index contributed by atoms with van der Waals surface area (Å²) in [5.41, 5.74) is 8.99. The number of carbonyl (C=O) groups is 2. The van der Waals surface area contributed by atoms with Gasteiger partial charge in [0.2, 0.25) is 0 Å². The van der Waals surface area contributed by atoms with Crippen molar-refractivity contribution in [1.82, 2.24) is 19.1 Å². The van der Waals surface area contributed by atoms with Crippen molar-refractivity contribution in [3.8, 4) is 0 Å². The summed E-state index contributed by atoms with van der Waals surface area (Å²) in [5, 5.41) is 12.1. The molecule has 10 rings (SSSR count). The van der Waals surface area contributed by atoms with E-state index in [0.29, 0.717) is 41.5 Å². The van der Waals surface area contributed by atoms with Gasteiger partial charge in [-0.25, -0.2) is 9.59 Å². The average molecular weight is 749 g/mol. The molecule has 0 bridgehead atoms. The first-order valence-corrected chi connectivity index (χ1v) is 20.6. The van der Waals surface area contributed by atoms with Crippen LogP contribution in [0.25, 0.3) is 21.8 Å². The molecule has 288 valence electrons. The molecule has 0 atom stereocenters. The molecule has 4 aliphatic rings. The highest BCUT2D eigenvalue weighted by atomic mass is 16.6. The molecule has 2 aromatic carbocycles. The summed E-state index contributed by atoms with van der Waals surface area (Å²) in [4.78, 5) is 34.0. The van der Waals surface area contributed by atoms with Crippen molar-refractivity contribution in [1.29, 1.82) is 0 Å². The maximum absolute atomic E-state index is 13.0. The molecule has 1 N–H and O–H groups in total. The Kier molecular flexibility index (Phi) is 9.54. The summed E-state index contributed by atoms with van der Waals surface area (Å²) in [6, 6.07) is 21.0. The lowest BCUT2D eigenvalue weighted by Gasteiger charge is -2.21. The number of benzene rings is 2. The fourth-order valence-electron chi connectivity index (χ4n) is 7.99. The number of carbonyl (C=O) groups excluding carboxylic acids is 1. The maximum Gasteiger partial charge on any atom is 0.340 e. The summed E-state index contributed by atoms with van der Waals surface area (Å²) >= 11 is 0. The fourth-order valence-corrected chi connectivity index (χ4v) is 7.99. The quantitative estimate of drug-likeness (QED) is 0.125. The SMILES string of the molecule is CC(C)(C)OC(=O)c1cc(C2CC2)cnc1Cc1cccc2c1ccn2CC1CC1.O=C(O)c1cc(C2CC2)cnc1Cc1cccc2c1ccn2CC1CC1. The summed E-state index contributed by atoms with van der Waals surface area (Å²) in [5.74, 6) is 1.56. The van der Waals surface area contributed by atoms with Crippen LogP contribution in [-0.4, -0.2) is 41.7 Å². The van der Waals surface area contributed by atoms with E-state index in [0.717, 1.165) is 60.2 Å². The standard InChI is InChI=1S/C26H30N2O2.C22H22N2O2/c1-26(2,3)30-25(29)22-13-20(18-9-10-18)15-27-23(22)14-19-5-4-6-24-21(19)11-12-28(24)16-17-7-8-17;25-22(26)19-10-17(15-6-7-15)12-23-20(19)11-16-2-1-3-21-18(16)8-9-24(21)13-14-4-5-14/h4-6,11-13,15,17-18H,7-10,14,16H2,1-3H3;1-3,8-10,12,14-15H,4-7,11,13H2,(H,25,26). The van der Waals surface area contributed by atoms with Gasteiger partial charge in [-0.2, -0.15) is 0 Å². The monoisotopic (exact) mass is 748 g/mol. The third kappa shape index (κ3) is 8.30. The number of carboxylic acids is 1. The highest BCUT2D eigenvalue weighted by Crippen LogP contribution is 2.42. The predicted octanol–water partition coefficient (Wildman–Crippen LogP) is 10.5. The van der Waals surface area contributed by atoms with Crippen molar-refractivity contribution in [2.24, 2.45) is 11.8 Å². The van der Waals surface area contributed by atoms with Crippen LogP contribution in [-0.2, 0) is 30.7 Å². The highest BCUT2D eigenvalue weighted by Gasteiger charge is 2.29. The van der Waals surface area contributed by atoms with Crippen LogP contribution < -0.4 is 0 Å². The van der Waals surface area contributed by atoms with E-state index >= 15 is 0 Å². The number of rotatable bonds is 12. The molecule has 4 fully saturated rings. The molecular formula is C48H52N4O4. The molecule has 4 aliphatic carbocycles. The molecule has 56 heavy (non-hydrogen) atoms. The second-order valence-corrected chi connectivity index (χ2v) is 17.8. The van der Waals surface area contributed by atoms with Gasteiger partial charge in [-0.05, 0) is 154 Å². The lowest BCUT2D eigenvalue weighted by Crippen LogP contribution is -2.25. The van der Waals surface area contributed by atoms with Crippen LogP contribution in [0.1, 0.15) is 138 Å². The Bertz CT molecular complexity index is 2440. The number of ether oxygens (including phenoxy) is 1. The van der Waals surface area contributed by atoms with Gasteiger partial charge >= 0.3 is 11.9 Å². The minimum atomic E-state index is -0.881. The lowest BCUT2D eigenvalue weighted by atomic mass is 10.00. The molecule has 0 amide bonds. The minimum absolute atomic E-state index is 0.272. The zero-order chi connectivity index (χ0) is 38.6. The van der Waals surface area contributed by atoms with Crippen molar-refractivity contribution < 1.29 is 19.4 Å². The number of aromatic nitrogens is 4. The molecule has 0 radical (unpaired) electrons. The number of hydrogen-bond donors (Lipinski definition) is 1. The summed E-state index contributed by atoms with van der Waals surface area (Å²) < 4.78 is 10.4. The van der Waals surface area contributed by atoms with Gasteiger partial charge in [-0.15, -0.1) is 0 Å². The van der Waals surface area contributed by atoms with E-state index in [2.05, 4.69) is 75.0 Å². The van der Waals surface area contributed by atoms with Gasteiger partial charge in [0.1, 0.15) is 5.60 Å². The largest absolute Gasteiger partial charge is 0.478 e. The van der Waals surface area contributed by atoms with Crippen molar-refractivity contribution in [3.05, 3.63) is 130 Å². The van der Waals surface area contributed by atoms with E-state index in [1.807, 2.05) is 45.3 Å². The highest BCUT2D eigenvalue weighted by molar-refractivity contribution is 5.92. The molecule has 4 saturated carbocycles. The van der Waals surface area contributed by atoms with Crippen molar-refractivity contribution in [2.75, 3.05) is 0 Å². The lowest BCUT2D eigenvalue weighted by molar-refractivity contribution is 0.00675. The van der Waals surface area contributed by atoms with Crippen molar-refractivity contribution in [2.45, 2.75) is 116 Å². The van der Waals surface area contributed by atoms with E-state index in [4.69, 9.17) is 9.72 Å². The van der Waals surface area contributed by atoms with Crippen LogP contribution in [0, 0.1) is 11.8 Å². The second kappa shape index (κ2) is 14.7. The first-order chi connectivity index (χ1) is 27.1. The summed E-state index contributed by atoms with van der Waals surface area (Å²) in [6.07, 6.45) is 19.4. The fraction of sp³-hybridized carbons (Fsp3) is 0.417. The Balaban J connectivity index is 0.000000148. The van der Waals surface area contributed by atoms with Crippen molar-refractivity contribution >= 4 is 33.7 Å². The Morgan fingerprint density at radius 2 is 1.14 bits per heavy atom. The topological polar surface area (TPSA) is 99.2 Å². The zero-order valence-electron chi connectivity index (χ0n) is 32.8. The predicted molar refractivity (Wildman–Crippen MR) is 219 cm³/mol. The van der Waals surface area contributed by atoms with Gasteiger partial charge in [-0.3, -0.25) is 9.97 Å². The molecule has 0 unspecified atom stereocenters. The molecule has 4 heterocycles. The number of esters is 1. The van der Waals surface area contributed by atoms with Crippen LogP contribution in [0.5, 0.6) is 0 Å². The first-order valence-electron chi connectivity index (χ1n) is 20.6. The normalized spacial score (nSPS) is 16.8. The smallest absolute Gasteiger partial charge is 0.340 e. The molecule has 8 heteroatoms. The Labute approximate surface area is 328 Å². The number of hydrogen-bond acceptors (Lipinski definition) is 5. The third-order valence-corrected chi connectivity index (χ3v) is 11.8. The number of fused-ring (bicyclic) bond motifs is 2. The van der Waals surface area contributed by atoms with Gasteiger partial charge in [-0.1, -0.05) is 24.3 Å². The molecule has 0 saturated heterocycles. The van der Waals surface area contributed by atoms with Gasteiger partial charge < -0.3 is 19.0 Å². The van der Waals surface area contributed by atoms with Gasteiger partial charge in [0.05, 0.1) is 22.5 Å². The third-order valence-electron chi connectivity index (χ3n) is 11.8. The van der Waals surface area contributed by atoms with E-state index in [-0.39, 0.29) is 5.97 Å². The van der Waals surface area contributed by atoms with Crippen LogP contribution in [0.4, 0.5) is 0 Å². The second-order valence-electron chi connectivity index (χ2n) is 17.8. The Morgan fingerprint density at radius 3 is 1.57 bits per heavy atom. The van der Waals surface area contributed by atoms with Crippen LogP contribution in [0.2, 0.25) is 0 Å². The van der Waals surface area contributed by atoms with Crippen LogP contribution in [0.15, 0.2) is 85.5 Å². The number of aromatic carboxylic acids is 1. The minimum Gasteiger partial charge on any atom is -0.478 e. The first kappa shape index (κ1) is 36.4. The molecule has 8 nitrogen and oxygen atoms in total. The Hall–Kier alpha value is -5.24. The Morgan fingerprint density at radius 1 is 0.679 bits per heavy atom. The molecule has 6 aromatic rings. The number of carboxylic acid groups (broad SMARTS) is 1. The van der Waals surface area contributed by atoms with E-state index in [9.17, 15) is 14.7 Å². The molecule has 0 spiro atoms. The van der Waals surface area contributed by atoms with E-state index in [1.165, 1.54) is 65.9 Å². The maximum atomic E-state index is 13.0. The van der Waals surface area contributed by atoms with Crippen LogP contribution >= 0.6 is 0 Å².